The van der Waals surface area contributed by atoms with Crippen LogP contribution >= 0.6 is 0 Å². The molecule has 2 atom stereocenters. The van der Waals surface area contributed by atoms with Gasteiger partial charge in [-0.1, -0.05) is 43.3 Å². The van der Waals surface area contributed by atoms with Crippen LogP contribution in [0.4, 0.5) is 10.7 Å². The minimum atomic E-state index is -1.08. The highest BCUT2D eigenvalue weighted by Crippen LogP contribution is 2.31. The highest BCUT2D eigenvalue weighted by Gasteiger charge is 2.25. The molecule has 1 fully saturated rings. The van der Waals surface area contributed by atoms with Crippen LogP contribution in [0.1, 0.15) is 46.1 Å². The van der Waals surface area contributed by atoms with E-state index in [0.29, 0.717) is 49.6 Å². The van der Waals surface area contributed by atoms with Crippen LogP contribution in [0.3, 0.4) is 0 Å². The normalized spacial score (nSPS) is 15.4. The number of carboxylic acid groups (broad SMARTS) is 1. The smallest absolute Gasteiger partial charge is 0.408 e. The number of morpholine rings is 1. The third-order valence-electron chi connectivity index (χ3n) is 6.88. The molecule has 0 bridgehead atoms. The maximum absolute atomic E-state index is 12.9. The van der Waals surface area contributed by atoms with E-state index in [0.717, 1.165) is 29.5 Å². The molecule has 1 aromatic heterocycles. The largest absolute Gasteiger partial charge is 0.480 e. The molecule has 0 aliphatic carbocycles. The van der Waals surface area contributed by atoms with Crippen molar-refractivity contribution in [2.24, 2.45) is 5.92 Å². The number of nitrogens with zero attached hydrogens (tertiary/aromatic N) is 1. The zero-order valence-corrected chi connectivity index (χ0v) is 23.6. The Labute approximate surface area is 234 Å². The summed E-state index contributed by atoms with van der Waals surface area (Å²) in [5.41, 5.74) is 2.69. The van der Waals surface area contributed by atoms with Crippen molar-refractivity contribution in [1.82, 2.24) is 5.32 Å². The summed E-state index contributed by atoms with van der Waals surface area (Å²) >= 11 is 0. The lowest BCUT2D eigenvalue weighted by molar-refractivity contribution is -0.140. The Kier molecular flexibility index (Phi) is 9.14. The summed E-state index contributed by atoms with van der Waals surface area (Å²) < 4.78 is 16.9. The molecular formula is C31H38N2O7. The average molecular weight is 551 g/mol. The highest BCUT2D eigenvalue weighted by molar-refractivity contribution is 5.92. The number of aryl methyl sites for hydroxylation is 1. The van der Waals surface area contributed by atoms with E-state index in [2.05, 4.69) is 5.32 Å². The Hall–Kier alpha value is -3.85. The van der Waals surface area contributed by atoms with Crippen molar-refractivity contribution in [3.8, 4) is 11.1 Å². The number of fused-ring (bicyclic) bond motifs is 1. The molecule has 0 radical (unpaired) electrons. The van der Waals surface area contributed by atoms with Crippen molar-refractivity contribution < 1.29 is 28.6 Å². The van der Waals surface area contributed by atoms with Gasteiger partial charge in [0.25, 0.3) is 0 Å². The lowest BCUT2D eigenvalue weighted by Gasteiger charge is -2.27. The predicted molar refractivity (Wildman–Crippen MR) is 154 cm³/mol. The SMILES string of the molecule is CC(CCc1ccc(-c2cccc3c(=O)cc(N4CCOCC4)oc23)cc1)CC(NC(=O)OC(C)(C)C)C(=O)O. The van der Waals surface area contributed by atoms with E-state index in [9.17, 15) is 19.5 Å². The average Bonchev–Trinajstić information content (AvgIpc) is 2.91. The summed E-state index contributed by atoms with van der Waals surface area (Å²) in [6.45, 7) is 9.72. The van der Waals surface area contributed by atoms with Gasteiger partial charge in [-0.25, -0.2) is 9.59 Å². The minimum Gasteiger partial charge on any atom is -0.480 e. The lowest BCUT2D eigenvalue weighted by atomic mass is 9.94. The van der Waals surface area contributed by atoms with Gasteiger partial charge in [0.2, 0.25) is 0 Å². The molecule has 1 saturated heterocycles. The number of para-hydroxylation sites is 1. The van der Waals surface area contributed by atoms with Crippen LogP contribution in [0.25, 0.3) is 22.1 Å². The number of benzene rings is 2. The Morgan fingerprint density at radius 1 is 1.10 bits per heavy atom. The second-order valence-electron chi connectivity index (χ2n) is 11.3. The minimum absolute atomic E-state index is 0.0571. The molecule has 0 saturated carbocycles. The first-order valence-corrected chi connectivity index (χ1v) is 13.7. The van der Waals surface area contributed by atoms with Gasteiger partial charge in [-0.2, -0.15) is 0 Å². The molecule has 9 nitrogen and oxygen atoms in total. The van der Waals surface area contributed by atoms with E-state index < -0.39 is 23.7 Å². The first-order chi connectivity index (χ1) is 19.0. The fourth-order valence-electron chi connectivity index (χ4n) is 4.79. The van der Waals surface area contributed by atoms with E-state index in [1.807, 2.05) is 48.2 Å². The maximum Gasteiger partial charge on any atom is 0.408 e. The number of rotatable bonds is 9. The fraction of sp³-hybridized carbons (Fsp3) is 0.452. The van der Waals surface area contributed by atoms with Crippen LogP contribution in [0.15, 0.2) is 57.7 Å². The topological polar surface area (TPSA) is 118 Å². The van der Waals surface area contributed by atoms with Crippen LogP contribution in [-0.4, -0.2) is 55.1 Å². The molecule has 2 N–H and O–H groups in total. The number of hydrogen-bond acceptors (Lipinski definition) is 7. The second-order valence-corrected chi connectivity index (χ2v) is 11.3. The lowest BCUT2D eigenvalue weighted by Crippen LogP contribution is -2.44. The summed E-state index contributed by atoms with van der Waals surface area (Å²) in [7, 11) is 0. The van der Waals surface area contributed by atoms with Crippen molar-refractivity contribution in [2.45, 2.75) is 58.6 Å². The Morgan fingerprint density at radius 3 is 2.45 bits per heavy atom. The van der Waals surface area contributed by atoms with Gasteiger partial charge >= 0.3 is 12.1 Å². The standard InChI is InChI=1S/C31H38N2O7/c1-20(18-25(29(35)36)32-30(37)40-31(2,3)4)8-9-21-10-12-22(13-11-21)23-6-5-7-24-26(34)19-27(39-28(23)24)33-14-16-38-17-15-33/h5-7,10-13,19-20,25H,8-9,14-18H2,1-4H3,(H,32,37)(H,35,36). The molecule has 1 aliphatic rings. The first kappa shape index (κ1) is 29.1. The van der Waals surface area contributed by atoms with E-state index >= 15 is 0 Å². The zero-order valence-electron chi connectivity index (χ0n) is 23.6. The van der Waals surface area contributed by atoms with E-state index in [-0.39, 0.29) is 11.3 Å². The molecule has 214 valence electrons. The van der Waals surface area contributed by atoms with Crippen molar-refractivity contribution >= 4 is 28.9 Å². The Balaban J connectivity index is 1.42. The molecule has 4 rings (SSSR count). The summed E-state index contributed by atoms with van der Waals surface area (Å²) in [5.74, 6) is -0.470. The van der Waals surface area contributed by atoms with Crippen molar-refractivity contribution in [2.75, 3.05) is 31.2 Å². The fourth-order valence-corrected chi connectivity index (χ4v) is 4.79. The first-order valence-electron chi connectivity index (χ1n) is 13.7. The monoisotopic (exact) mass is 550 g/mol. The number of aliphatic carboxylic acids is 1. The van der Waals surface area contributed by atoms with Crippen LogP contribution in [0, 0.1) is 5.92 Å². The van der Waals surface area contributed by atoms with Gasteiger partial charge in [-0.15, -0.1) is 0 Å². The molecule has 9 heteroatoms. The van der Waals surface area contributed by atoms with Crippen molar-refractivity contribution in [3.63, 3.8) is 0 Å². The summed E-state index contributed by atoms with van der Waals surface area (Å²) in [6, 6.07) is 14.2. The summed E-state index contributed by atoms with van der Waals surface area (Å²) in [6.07, 6.45) is 1.08. The van der Waals surface area contributed by atoms with Gasteiger partial charge in [0.05, 0.1) is 18.6 Å². The molecule has 2 unspecified atom stereocenters. The van der Waals surface area contributed by atoms with E-state index in [1.165, 1.54) is 0 Å². The molecular weight excluding hydrogens is 512 g/mol. The van der Waals surface area contributed by atoms with Gasteiger partial charge in [0, 0.05) is 24.7 Å². The number of alkyl carbamates (subject to hydrolysis) is 1. The number of amides is 1. The van der Waals surface area contributed by atoms with Gasteiger partial charge in [0.1, 0.15) is 17.2 Å². The third kappa shape index (κ3) is 7.63. The van der Waals surface area contributed by atoms with Crippen LogP contribution in [0.2, 0.25) is 0 Å². The third-order valence-corrected chi connectivity index (χ3v) is 6.88. The van der Waals surface area contributed by atoms with Crippen LogP contribution in [-0.2, 0) is 20.7 Å². The van der Waals surface area contributed by atoms with E-state index in [4.69, 9.17) is 13.9 Å². The maximum atomic E-state index is 12.9. The van der Waals surface area contributed by atoms with Crippen molar-refractivity contribution in [3.05, 3.63) is 64.3 Å². The summed E-state index contributed by atoms with van der Waals surface area (Å²) in [4.78, 5) is 38.7. The number of hydrogen-bond donors (Lipinski definition) is 2. The Morgan fingerprint density at radius 2 is 1.80 bits per heavy atom. The molecule has 3 aromatic rings. The van der Waals surface area contributed by atoms with Gasteiger partial charge in [-0.3, -0.25) is 4.79 Å². The van der Waals surface area contributed by atoms with Gasteiger partial charge < -0.3 is 29.2 Å². The number of carbonyl (C=O) groups is 2. The molecule has 40 heavy (non-hydrogen) atoms. The number of carboxylic acids is 1. The quantitative estimate of drug-likeness (QED) is 0.372. The summed E-state index contributed by atoms with van der Waals surface area (Å²) in [5, 5.41) is 12.6. The molecule has 2 heterocycles. The molecule has 1 aliphatic heterocycles. The predicted octanol–water partition coefficient (Wildman–Crippen LogP) is 5.23. The molecule has 2 aromatic carbocycles. The molecule has 1 amide bonds. The highest BCUT2D eigenvalue weighted by atomic mass is 16.6. The van der Waals surface area contributed by atoms with E-state index in [1.54, 1.807) is 32.9 Å². The van der Waals surface area contributed by atoms with Crippen LogP contribution in [0.5, 0.6) is 0 Å². The number of ether oxygens (including phenoxy) is 2. The number of carbonyl (C=O) groups excluding carboxylic acids is 1. The zero-order chi connectivity index (χ0) is 28.9. The number of nitrogens with one attached hydrogen (secondary N) is 1. The van der Waals surface area contributed by atoms with Crippen molar-refractivity contribution in [1.29, 1.82) is 0 Å². The van der Waals surface area contributed by atoms with Crippen LogP contribution < -0.4 is 15.6 Å². The van der Waals surface area contributed by atoms with Gasteiger partial charge in [-0.05, 0) is 63.1 Å². The Bertz CT molecular complexity index is 1390. The van der Waals surface area contributed by atoms with Gasteiger partial charge in [0.15, 0.2) is 11.3 Å². The molecule has 0 spiro atoms. The number of anilines is 1. The second kappa shape index (κ2) is 12.6.